The van der Waals surface area contributed by atoms with E-state index in [-0.39, 0.29) is 6.10 Å². The molecule has 1 aliphatic rings. The fraction of sp³-hybridized carbons (Fsp3) is 0.533. The molecule has 2 rings (SSSR count). The van der Waals surface area contributed by atoms with E-state index in [1.807, 2.05) is 19.1 Å². The number of aromatic nitrogens is 1. The minimum absolute atomic E-state index is 0.212. The first-order chi connectivity index (χ1) is 8.79. The van der Waals surface area contributed by atoms with Gasteiger partial charge in [0, 0.05) is 12.2 Å². The molecular formula is C15H22N2O. The van der Waals surface area contributed by atoms with E-state index in [9.17, 15) is 0 Å². The summed E-state index contributed by atoms with van der Waals surface area (Å²) in [4.78, 5) is 4.56. The maximum Gasteiger partial charge on any atom is 0.143 e. The zero-order valence-corrected chi connectivity index (χ0v) is 11.3. The molecule has 0 aromatic carbocycles. The van der Waals surface area contributed by atoms with Gasteiger partial charge in [0.2, 0.25) is 0 Å². The number of hydrogen-bond donors (Lipinski definition) is 1. The van der Waals surface area contributed by atoms with Crippen molar-refractivity contribution in [3.8, 4) is 5.75 Å². The highest BCUT2D eigenvalue weighted by Gasteiger charge is 2.13. The summed E-state index contributed by atoms with van der Waals surface area (Å²) >= 11 is 0. The molecule has 0 saturated heterocycles. The SMILES string of the molecule is CCNCc1nc(C)ccc1OC1C=CCCC1. The molecule has 1 unspecified atom stereocenters. The largest absolute Gasteiger partial charge is 0.484 e. The summed E-state index contributed by atoms with van der Waals surface area (Å²) in [5.74, 6) is 0.915. The van der Waals surface area contributed by atoms with Crippen LogP contribution in [0.15, 0.2) is 24.3 Å². The van der Waals surface area contributed by atoms with Crippen LogP contribution in [0.5, 0.6) is 5.75 Å². The van der Waals surface area contributed by atoms with Crippen molar-refractivity contribution < 1.29 is 4.74 Å². The van der Waals surface area contributed by atoms with Gasteiger partial charge in [-0.2, -0.15) is 0 Å². The van der Waals surface area contributed by atoms with Crippen molar-refractivity contribution in [1.29, 1.82) is 0 Å². The van der Waals surface area contributed by atoms with Gasteiger partial charge in [-0.25, -0.2) is 0 Å². The van der Waals surface area contributed by atoms with Gasteiger partial charge < -0.3 is 10.1 Å². The van der Waals surface area contributed by atoms with Crippen molar-refractivity contribution in [3.63, 3.8) is 0 Å². The molecule has 98 valence electrons. The second-order valence-electron chi connectivity index (χ2n) is 4.69. The smallest absolute Gasteiger partial charge is 0.143 e. The number of aryl methyl sites for hydroxylation is 1. The Hall–Kier alpha value is -1.35. The molecule has 0 aliphatic heterocycles. The topological polar surface area (TPSA) is 34.2 Å². The Bertz CT molecular complexity index is 415. The summed E-state index contributed by atoms with van der Waals surface area (Å²) in [7, 11) is 0. The Morgan fingerprint density at radius 2 is 2.33 bits per heavy atom. The normalized spacial score (nSPS) is 18.9. The lowest BCUT2D eigenvalue weighted by Gasteiger charge is -2.20. The Morgan fingerprint density at radius 3 is 3.06 bits per heavy atom. The fourth-order valence-corrected chi connectivity index (χ4v) is 2.12. The van der Waals surface area contributed by atoms with Gasteiger partial charge in [-0.3, -0.25) is 4.98 Å². The number of hydrogen-bond acceptors (Lipinski definition) is 3. The van der Waals surface area contributed by atoms with Gasteiger partial charge in [-0.15, -0.1) is 0 Å². The molecular weight excluding hydrogens is 224 g/mol. The third-order valence-corrected chi connectivity index (χ3v) is 3.10. The monoisotopic (exact) mass is 246 g/mol. The van der Waals surface area contributed by atoms with Gasteiger partial charge in [-0.05, 0) is 50.9 Å². The number of pyridine rings is 1. The number of nitrogens with one attached hydrogen (secondary N) is 1. The predicted molar refractivity (Wildman–Crippen MR) is 73.8 cm³/mol. The quantitative estimate of drug-likeness (QED) is 0.811. The van der Waals surface area contributed by atoms with Gasteiger partial charge in [0.05, 0.1) is 5.69 Å². The van der Waals surface area contributed by atoms with Crippen LogP contribution in [0, 0.1) is 6.92 Å². The van der Waals surface area contributed by atoms with Crippen molar-refractivity contribution in [1.82, 2.24) is 10.3 Å². The molecule has 18 heavy (non-hydrogen) atoms. The Balaban J connectivity index is 2.09. The van der Waals surface area contributed by atoms with Crippen LogP contribution in [-0.2, 0) is 6.54 Å². The molecule has 1 aromatic heterocycles. The average Bonchev–Trinajstić information content (AvgIpc) is 2.40. The number of allylic oxidation sites excluding steroid dienone is 1. The molecule has 0 spiro atoms. The lowest BCUT2D eigenvalue weighted by atomic mass is 10.1. The lowest BCUT2D eigenvalue weighted by molar-refractivity contribution is 0.226. The van der Waals surface area contributed by atoms with Crippen LogP contribution < -0.4 is 10.1 Å². The van der Waals surface area contributed by atoms with Crippen LogP contribution in [0.1, 0.15) is 37.6 Å². The van der Waals surface area contributed by atoms with Gasteiger partial charge in [0.25, 0.3) is 0 Å². The number of nitrogens with zero attached hydrogens (tertiary/aromatic N) is 1. The van der Waals surface area contributed by atoms with E-state index in [2.05, 4.69) is 29.4 Å². The van der Waals surface area contributed by atoms with E-state index in [0.29, 0.717) is 0 Å². The zero-order valence-electron chi connectivity index (χ0n) is 11.3. The van der Waals surface area contributed by atoms with Crippen molar-refractivity contribution in [3.05, 3.63) is 35.7 Å². The molecule has 1 aliphatic carbocycles. The summed E-state index contributed by atoms with van der Waals surface area (Å²) in [6.45, 7) is 5.82. The van der Waals surface area contributed by atoms with Crippen LogP contribution in [0.25, 0.3) is 0 Å². The zero-order chi connectivity index (χ0) is 12.8. The molecule has 3 nitrogen and oxygen atoms in total. The third-order valence-electron chi connectivity index (χ3n) is 3.10. The summed E-state index contributed by atoms with van der Waals surface area (Å²) in [5.41, 5.74) is 2.05. The summed E-state index contributed by atoms with van der Waals surface area (Å²) in [6, 6.07) is 4.05. The van der Waals surface area contributed by atoms with Crippen molar-refractivity contribution in [2.45, 2.75) is 45.8 Å². The molecule has 0 saturated carbocycles. The van der Waals surface area contributed by atoms with Crippen molar-refractivity contribution in [2.75, 3.05) is 6.54 Å². The van der Waals surface area contributed by atoms with Crippen LogP contribution >= 0.6 is 0 Å². The van der Waals surface area contributed by atoms with E-state index >= 15 is 0 Å². The van der Waals surface area contributed by atoms with Crippen molar-refractivity contribution >= 4 is 0 Å². The Kier molecular flexibility index (Phi) is 4.76. The predicted octanol–water partition coefficient (Wildman–Crippen LogP) is 2.99. The molecule has 0 radical (unpaired) electrons. The summed E-state index contributed by atoms with van der Waals surface area (Å²) in [6.07, 6.45) is 8.08. The van der Waals surface area contributed by atoms with Crippen LogP contribution in [0.2, 0.25) is 0 Å². The van der Waals surface area contributed by atoms with Crippen LogP contribution in [0.3, 0.4) is 0 Å². The Labute approximate surface area is 109 Å². The second-order valence-corrected chi connectivity index (χ2v) is 4.69. The number of ether oxygens (including phenoxy) is 1. The lowest BCUT2D eigenvalue weighted by Crippen LogP contribution is -2.19. The van der Waals surface area contributed by atoms with E-state index < -0.39 is 0 Å². The first-order valence-electron chi connectivity index (χ1n) is 6.80. The van der Waals surface area contributed by atoms with E-state index in [4.69, 9.17) is 4.74 Å². The summed E-state index contributed by atoms with van der Waals surface area (Å²) in [5, 5.41) is 3.31. The molecule has 1 aromatic rings. The van der Waals surface area contributed by atoms with E-state index in [1.54, 1.807) is 0 Å². The van der Waals surface area contributed by atoms with E-state index in [1.165, 1.54) is 12.8 Å². The van der Waals surface area contributed by atoms with Crippen LogP contribution in [-0.4, -0.2) is 17.6 Å². The minimum atomic E-state index is 0.212. The maximum absolute atomic E-state index is 6.05. The average molecular weight is 246 g/mol. The highest BCUT2D eigenvalue weighted by Crippen LogP contribution is 2.22. The molecule has 3 heteroatoms. The first kappa shape index (κ1) is 13.1. The van der Waals surface area contributed by atoms with Gasteiger partial charge in [0.1, 0.15) is 11.9 Å². The van der Waals surface area contributed by atoms with Gasteiger partial charge in [0.15, 0.2) is 0 Å². The molecule has 0 fully saturated rings. The highest BCUT2D eigenvalue weighted by molar-refractivity contribution is 5.30. The molecule has 1 atom stereocenters. The second kappa shape index (κ2) is 6.55. The maximum atomic E-state index is 6.05. The molecule has 1 N–H and O–H groups in total. The van der Waals surface area contributed by atoms with Gasteiger partial charge in [-0.1, -0.05) is 13.0 Å². The minimum Gasteiger partial charge on any atom is -0.484 e. The van der Waals surface area contributed by atoms with Crippen LogP contribution in [0.4, 0.5) is 0 Å². The standard InChI is InChI=1S/C15H22N2O/c1-3-16-11-14-15(10-9-12(2)17-14)18-13-7-5-4-6-8-13/h5,7,9-10,13,16H,3-4,6,8,11H2,1-2H3. The van der Waals surface area contributed by atoms with E-state index in [0.717, 1.165) is 36.6 Å². The fourth-order valence-electron chi connectivity index (χ4n) is 2.12. The summed E-state index contributed by atoms with van der Waals surface area (Å²) < 4.78 is 6.05. The third kappa shape index (κ3) is 3.57. The van der Waals surface area contributed by atoms with Gasteiger partial charge >= 0.3 is 0 Å². The molecule has 1 heterocycles. The highest BCUT2D eigenvalue weighted by atomic mass is 16.5. The van der Waals surface area contributed by atoms with Crippen molar-refractivity contribution in [2.24, 2.45) is 0 Å². The number of rotatable bonds is 5. The first-order valence-corrected chi connectivity index (χ1v) is 6.80. The molecule has 0 amide bonds. The molecule has 0 bridgehead atoms. The Morgan fingerprint density at radius 1 is 1.44 bits per heavy atom.